The molecule has 2 aliphatic heterocycles. The summed E-state index contributed by atoms with van der Waals surface area (Å²) >= 11 is 0. The highest BCUT2D eigenvalue weighted by Gasteiger charge is 2.33. The minimum Gasteiger partial charge on any atom is -0.334 e. The highest BCUT2D eigenvalue weighted by molar-refractivity contribution is 5.98. The first-order valence-corrected chi connectivity index (χ1v) is 11.4. The normalized spacial score (nSPS) is 18.0. The summed E-state index contributed by atoms with van der Waals surface area (Å²) in [7, 11) is 0. The van der Waals surface area contributed by atoms with Gasteiger partial charge in [0.05, 0.1) is 12.6 Å². The topological polar surface area (TPSA) is 107 Å². The summed E-state index contributed by atoms with van der Waals surface area (Å²) in [5, 5.41) is 6.73. The summed E-state index contributed by atoms with van der Waals surface area (Å²) in [5.41, 5.74) is 4.17. The van der Waals surface area contributed by atoms with Crippen molar-refractivity contribution >= 4 is 17.5 Å². The van der Waals surface area contributed by atoms with E-state index in [1.165, 1.54) is 0 Å². The Morgan fingerprint density at radius 2 is 2.12 bits per heavy atom. The van der Waals surface area contributed by atoms with Gasteiger partial charge in [-0.2, -0.15) is 4.98 Å². The highest BCUT2D eigenvalue weighted by atomic mass is 17.2. The molecule has 2 amide bonds. The van der Waals surface area contributed by atoms with Gasteiger partial charge >= 0.3 is 0 Å². The lowest BCUT2D eigenvalue weighted by Gasteiger charge is -2.25. The molecule has 0 bridgehead atoms. The molecule has 1 N–H and O–H groups in total. The van der Waals surface area contributed by atoms with Crippen LogP contribution in [0.3, 0.4) is 0 Å². The summed E-state index contributed by atoms with van der Waals surface area (Å²) in [4.78, 5) is 41.8. The molecule has 0 radical (unpaired) electrons. The van der Waals surface area contributed by atoms with E-state index in [1.807, 2.05) is 47.4 Å². The number of amides is 2. The van der Waals surface area contributed by atoms with Crippen LogP contribution in [0.15, 0.2) is 47.0 Å². The molecule has 1 aromatic heterocycles. The quantitative estimate of drug-likeness (QED) is 0.557. The van der Waals surface area contributed by atoms with E-state index < -0.39 is 0 Å². The zero-order valence-electron chi connectivity index (χ0n) is 19.0. The molecule has 3 aromatic rings. The molecular weight excluding hydrogens is 436 g/mol. The fourth-order valence-corrected chi connectivity index (χ4v) is 4.37. The van der Waals surface area contributed by atoms with Gasteiger partial charge < -0.3 is 14.7 Å². The Morgan fingerprint density at radius 1 is 1.21 bits per heavy atom. The first-order valence-electron chi connectivity index (χ1n) is 11.4. The van der Waals surface area contributed by atoms with Crippen molar-refractivity contribution in [3.8, 4) is 11.5 Å². The first-order chi connectivity index (χ1) is 16.6. The Balaban J connectivity index is 1.19. The Hall–Kier alpha value is -3.56. The zero-order valence-corrected chi connectivity index (χ0v) is 19.0. The van der Waals surface area contributed by atoms with E-state index in [1.54, 1.807) is 6.92 Å². The van der Waals surface area contributed by atoms with E-state index in [0.29, 0.717) is 50.0 Å². The number of carbonyl (C=O) groups is 2. The standard InChI is InChI=1S/C25H26N4O5/c1-16-26-24(34-28-16)18-4-2-5-20(13-18)27-23(30)10-8-17-7-9-22-19(12-17)14-29(25(22)31)21-6-3-11-32-33-15-21/h2,4-5,7,9,12-13,21H,3,6,8,10-11,14-15H2,1H3,(H,27,30). The lowest BCUT2D eigenvalue weighted by atomic mass is 10.0. The van der Waals surface area contributed by atoms with E-state index in [2.05, 4.69) is 15.5 Å². The van der Waals surface area contributed by atoms with E-state index >= 15 is 0 Å². The molecule has 176 valence electrons. The Bertz CT molecular complexity index is 1200. The molecule has 0 saturated carbocycles. The summed E-state index contributed by atoms with van der Waals surface area (Å²) in [5.74, 6) is 0.914. The van der Waals surface area contributed by atoms with Crippen LogP contribution in [-0.2, 0) is 27.5 Å². The van der Waals surface area contributed by atoms with Crippen LogP contribution in [0.4, 0.5) is 5.69 Å². The van der Waals surface area contributed by atoms with Crippen LogP contribution in [0.2, 0.25) is 0 Å². The molecule has 1 saturated heterocycles. The van der Waals surface area contributed by atoms with Crippen molar-refractivity contribution in [3.63, 3.8) is 0 Å². The molecule has 34 heavy (non-hydrogen) atoms. The number of benzene rings is 2. The van der Waals surface area contributed by atoms with Crippen LogP contribution in [0.5, 0.6) is 0 Å². The lowest BCUT2D eigenvalue weighted by molar-refractivity contribution is -0.292. The minimum atomic E-state index is -0.0901. The fraction of sp³-hybridized carbons (Fsp3) is 0.360. The molecule has 1 unspecified atom stereocenters. The SMILES string of the molecule is Cc1noc(-c2cccc(NC(=O)CCc3ccc4c(c3)CN(C3CCCOOC3)C4=O)c2)n1. The van der Waals surface area contributed by atoms with E-state index in [-0.39, 0.29) is 17.9 Å². The van der Waals surface area contributed by atoms with Gasteiger partial charge in [-0.3, -0.25) is 9.59 Å². The highest BCUT2D eigenvalue weighted by Crippen LogP contribution is 2.28. The van der Waals surface area contributed by atoms with Crippen molar-refractivity contribution in [2.45, 2.75) is 45.2 Å². The Morgan fingerprint density at radius 3 is 2.97 bits per heavy atom. The molecule has 9 heteroatoms. The maximum Gasteiger partial charge on any atom is 0.257 e. The second-order valence-corrected chi connectivity index (χ2v) is 8.60. The fourth-order valence-electron chi connectivity index (χ4n) is 4.37. The maximum absolute atomic E-state index is 12.9. The number of aromatic nitrogens is 2. The van der Waals surface area contributed by atoms with Gasteiger partial charge in [-0.25, -0.2) is 9.78 Å². The third-order valence-electron chi connectivity index (χ3n) is 6.11. The third kappa shape index (κ3) is 4.85. The summed E-state index contributed by atoms with van der Waals surface area (Å²) in [6.07, 6.45) is 2.63. The van der Waals surface area contributed by atoms with Gasteiger partial charge in [-0.15, -0.1) is 0 Å². The van der Waals surface area contributed by atoms with Crippen molar-refractivity contribution in [2.24, 2.45) is 0 Å². The molecule has 0 aliphatic carbocycles. The average Bonchev–Trinajstić information content (AvgIpc) is 3.29. The third-order valence-corrected chi connectivity index (χ3v) is 6.11. The van der Waals surface area contributed by atoms with E-state index in [4.69, 9.17) is 14.3 Å². The van der Waals surface area contributed by atoms with Crippen LogP contribution in [0, 0.1) is 6.92 Å². The number of aryl methyl sites for hydroxylation is 2. The van der Waals surface area contributed by atoms with Crippen LogP contribution in [0.1, 0.15) is 46.6 Å². The summed E-state index contributed by atoms with van der Waals surface area (Å²) in [6, 6.07) is 13.2. The van der Waals surface area contributed by atoms with Crippen molar-refractivity contribution in [2.75, 3.05) is 18.5 Å². The summed E-state index contributed by atoms with van der Waals surface area (Å²) < 4.78 is 5.20. The predicted octanol–water partition coefficient (Wildman–Crippen LogP) is 3.68. The second-order valence-electron chi connectivity index (χ2n) is 8.60. The number of hydrogen-bond donors (Lipinski definition) is 1. The number of carbonyl (C=O) groups excluding carboxylic acids is 2. The van der Waals surface area contributed by atoms with Crippen LogP contribution < -0.4 is 5.32 Å². The molecule has 2 aliphatic rings. The molecule has 9 nitrogen and oxygen atoms in total. The molecule has 5 rings (SSSR count). The van der Waals surface area contributed by atoms with Gasteiger partial charge in [0.25, 0.3) is 11.8 Å². The number of fused-ring (bicyclic) bond motifs is 1. The Labute approximate surface area is 197 Å². The maximum atomic E-state index is 12.9. The molecule has 1 atom stereocenters. The number of nitrogens with one attached hydrogen (secondary N) is 1. The van der Waals surface area contributed by atoms with Crippen LogP contribution in [-0.4, -0.2) is 46.1 Å². The van der Waals surface area contributed by atoms with Gasteiger partial charge in [0.15, 0.2) is 5.82 Å². The smallest absolute Gasteiger partial charge is 0.257 e. The zero-order chi connectivity index (χ0) is 23.5. The number of nitrogens with zero attached hydrogens (tertiary/aromatic N) is 3. The number of anilines is 1. The largest absolute Gasteiger partial charge is 0.334 e. The monoisotopic (exact) mass is 462 g/mol. The van der Waals surface area contributed by atoms with E-state index in [0.717, 1.165) is 35.1 Å². The molecule has 3 heterocycles. The van der Waals surface area contributed by atoms with Crippen molar-refractivity contribution in [1.82, 2.24) is 15.0 Å². The van der Waals surface area contributed by atoms with Crippen molar-refractivity contribution < 1.29 is 23.9 Å². The van der Waals surface area contributed by atoms with Gasteiger partial charge in [-0.05, 0) is 61.6 Å². The van der Waals surface area contributed by atoms with E-state index in [9.17, 15) is 9.59 Å². The van der Waals surface area contributed by atoms with Gasteiger partial charge in [0.1, 0.15) is 6.61 Å². The molecule has 0 spiro atoms. The minimum absolute atomic E-state index is 0.0171. The number of rotatable bonds is 6. The van der Waals surface area contributed by atoms with Crippen molar-refractivity contribution in [3.05, 3.63) is 65.0 Å². The van der Waals surface area contributed by atoms with Gasteiger partial charge in [0, 0.05) is 29.8 Å². The first kappa shape index (κ1) is 22.2. The predicted molar refractivity (Wildman–Crippen MR) is 123 cm³/mol. The average molecular weight is 463 g/mol. The van der Waals surface area contributed by atoms with Gasteiger partial charge in [-0.1, -0.05) is 23.4 Å². The Kier molecular flexibility index (Phi) is 6.37. The molecule has 1 fully saturated rings. The second kappa shape index (κ2) is 9.74. The molecular formula is C25H26N4O5. The van der Waals surface area contributed by atoms with Crippen LogP contribution in [0.25, 0.3) is 11.5 Å². The van der Waals surface area contributed by atoms with Gasteiger partial charge in [0.2, 0.25) is 5.91 Å². The van der Waals surface area contributed by atoms with Crippen molar-refractivity contribution in [1.29, 1.82) is 0 Å². The van der Waals surface area contributed by atoms with Crippen LogP contribution >= 0.6 is 0 Å². The number of hydrogen-bond acceptors (Lipinski definition) is 7. The summed E-state index contributed by atoms with van der Waals surface area (Å²) in [6.45, 7) is 3.26. The lowest BCUT2D eigenvalue weighted by Crippen LogP contribution is -2.38. The molecule has 2 aromatic carbocycles.